The van der Waals surface area contributed by atoms with E-state index in [1.807, 2.05) is 4.90 Å². The van der Waals surface area contributed by atoms with Gasteiger partial charge < -0.3 is 15.0 Å². The summed E-state index contributed by atoms with van der Waals surface area (Å²) in [6.07, 6.45) is 2.94. The van der Waals surface area contributed by atoms with Gasteiger partial charge in [0, 0.05) is 38.3 Å². The highest BCUT2D eigenvalue weighted by molar-refractivity contribution is 5.82. The zero-order valence-electron chi connectivity index (χ0n) is 14.3. The highest BCUT2D eigenvalue weighted by Crippen LogP contribution is 2.27. The van der Waals surface area contributed by atoms with Crippen LogP contribution < -0.4 is 10.1 Å². The Balaban J connectivity index is 1.76. The number of likely N-dealkylation sites (tertiary alicyclic amines) is 1. The Labute approximate surface area is 142 Å². The molecular formula is C18H26FN3O2. The summed E-state index contributed by atoms with van der Waals surface area (Å²) in [7, 11) is 1.55. The molecule has 2 saturated heterocycles. The van der Waals surface area contributed by atoms with Gasteiger partial charge in [-0.05, 0) is 31.5 Å². The number of piperazine rings is 1. The van der Waals surface area contributed by atoms with E-state index in [0.717, 1.165) is 52.0 Å². The second-order valence-electron chi connectivity index (χ2n) is 6.48. The fourth-order valence-electron chi connectivity index (χ4n) is 3.64. The quantitative estimate of drug-likeness (QED) is 0.908. The number of nitrogens with one attached hydrogen (secondary N) is 1. The molecule has 1 amide bonds. The third kappa shape index (κ3) is 3.70. The number of nitrogens with zero attached hydrogens (tertiary/aromatic N) is 2. The van der Waals surface area contributed by atoms with Crippen molar-refractivity contribution >= 4 is 5.91 Å². The second-order valence-corrected chi connectivity index (χ2v) is 6.48. The van der Waals surface area contributed by atoms with Crippen LogP contribution in [0.15, 0.2) is 18.2 Å². The Bertz CT molecular complexity index is 575. The summed E-state index contributed by atoms with van der Waals surface area (Å²) in [5, 5.41) is 3.27. The van der Waals surface area contributed by atoms with Crippen molar-refractivity contribution in [3.05, 3.63) is 29.6 Å². The molecule has 6 heteroatoms. The Hall–Kier alpha value is -1.66. The van der Waals surface area contributed by atoms with Crippen LogP contribution in [0.2, 0.25) is 0 Å². The van der Waals surface area contributed by atoms with E-state index in [4.69, 9.17) is 4.74 Å². The molecule has 0 aromatic heterocycles. The fourth-order valence-corrected chi connectivity index (χ4v) is 3.64. The van der Waals surface area contributed by atoms with Crippen molar-refractivity contribution in [1.82, 2.24) is 15.1 Å². The molecule has 0 aliphatic carbocycles. The zero-order chi connectivity index (χ0) is 16.9. The van der Waals surface area contributed by atoms with E-state index in [0.29, 0.717) is 17.9 Å². The summed E-state index contributed by atoms with van der Waals surface area (Å²) in [6, 6.07) is 4.72. The van der Waals surface area contributed by atoms with Crippen molar-refractivity contribution in [3.8, 4) is 5.75 Å². The Morgan fingerprint density at radius 2 is 2.08 bits per heavy atom. The molecule has 2 aliphatic rings. The molecule has 0 bridgehead atoms. The minimum atomic E-state index is -0.270. The first-order valence-corrected chi connectivity index (χ1v) is 8.75. The van der Waals surface area contributed by atoms with E-state index < -0.39 is 0 Å². The van der Waals surface area contributed by atoms with Gasteiger partial charge in [0.25, 0.3) is 0 Å². The van der Waals surface area contributed by atoms with Crippen molar-refractivity contribution in [3.63, 3.8) is 0 Å². The molecule has 1 N–H and O–H groups in total. The normalized spacial score (nSPS) is 22.4. The Morgan fingerprint density at radius 1 is 1.29 bits per heavy atom. The van der Waals surface area contributed by atoms with E-state index in [9.17, 15) is 9.18 Å². The number of amides is 1. The van der Waals surface area contributed by atoms with Gasteiger partial charge in [-0.15, -0.1) is 0 Å². The largest absolute Gasteiger partial charge is 0.496 e. The van der Waals surface area contributed by atoms with Crippen LogP contribution in [0.1, 0.15) is 24.8 Å². The number of methoxy groups -OCH3 is 1. The predicted octanol–water partition coefficient (Wildman–Crippen LogP) is 1.62. The summed E-state index contributed by atoms with van der Waals surface area (Å²) in [5.74, 6) is 0.466. The smallest absolute Gasteiger partial charge is 0.240 e. The molecule has 1 aromatic rings. The molecule has 132 valence electrons. The summed E-state index contributed by atoms with van der Waals surface area (Å²) in [5.41, 5.74) is 0.542. The average Bonchev–Trinajstić information content (AvgIpc) is 2.64. The molecule has 2 fully saturated rings. The average molecular weight is 335 g/mol. The van der Waals surface area contributed by atoms with E-state index in [2.05, 4.69) is 10.2 Å². The van der Waals surface area contributed by atoms with E-state index in [1.54, 1.807) is 19.2 Å². The molecule has 24 heavy (non-hydrogen) atoms. The van der Waals surface area contributed by atoms with Gasteiger partial charge in [0.1, 0.15) is 11.6 Å². The molecular weight excluding hydrogens is 309 g/mol. The van der Waals surface area contributed by atoms with E-state index in [1.165, 1.54) is 6.07 Å². The number of benzene rings is 1. The van der Waals surface area contributed by atoms with Crippen LogP contribution in [-0.2, 0) is 11.3 Å². The Morgan fingerprint density at radius 3 is 2.83 bits per heavy atom. The monoisotopic (exact) mass is 335 g/mol. The number of carbonyl (C=O) groups excluding carboxylic acids is 1. The summed E-state index contributed by atoms with van der Waals surface area (Å²) < 4.78 is 19.6. The summed E-state index contributed by atoms with van der Waals surface area (Å²) in [6.45, 7) is 4.44. The third-order valence-corrected chi connectivity index (χ3v) is 4.98. The molecule has 1 atom stereocenters. The maximum Gasteiger partial charge on any atom is 0.240 e. The van der Waals surface area contributed by atoms with Gasteiger partial charge in [0.2, 0.25) is 5.91 Å². The second kappa shape index (κ2) is 7.94. The fraction of sp³-hybridized carbons (Fsp3) is 0.611. The SMILES string of the molecule is COc1cccc(F)c1CN1CCCC[C@H]1C(=O)N1CCNCC1. The number of piperidine rings is 1. The molecule has 0 radical (unpaired) electrons. The first-order valence-electron chi connectivity index (χ1n) is 8.75. The van der Waals surface area contributed by atoms with Gasteiger partial charge in [-0.2, -0.15) is 0 Å². The maximum absolute atomic E-state index is 14.3. The van der Waals surface area contributed by atoms with Crippen LogP contribution in [-0.4, -0.2) is 61.6 Å². The van der Waals surface area contributed by atoms with Gasteiger partial charge >= 0.3 is 0 Å². The Kier molecular flexibility index (Phi) is 5.68. The third-order valence-electron chi connectivity index (χ3n) is 4.98. The van der Waals surface area contributed by atoms with Crippen molar-refractivity contribution in [2.45, 2.75) is 31.8 Å². The van der Waals surface area contributed by atoms with Crippen molar-refractivity contribution in [1.29, 1.82) is 0 Å². The van der Waals surface area contributed by atoms with Gasteiger partial charge in [-0.25, -0.2) is 4.39 Å². The predicted molar refractivity (Wildman–Crippen MR) is 90.5 cm³/mol. The van der Waals surface area contributed by atoms with Crippen LogP contribution in [0.5, 0.6) is 5.75 Å². The minimum Gasteiger partial charge on any atom is -0.496 e. The molecule has 2 heterocycles. The molecule has 2 aliphatic heterocycles. The van der Waals surface area contributed by atoms with Crippen LogP contribution in [0.3, 0.4) is 0 Å². The molecule has 5 nitrogen and oxygen atoms in total. The van der Waals surface area contributed by atoms with Crippen LogP contribution in [0.25, 0.3) is 0 Å². The number of rotatable bonds is 4. The van der Waals surface area contributed by atoms with Crippen LogP contribution >= 0.6 is 0 Å². The van der Waals surface area contributed by atoms with Crippen molar-refractivity contribution < 1.29 is 13.9 Å². The molecule has 0 saturated carbocycles. The molecule has 3 rings (SSSR count). The zero-order valence-corrected chi connectivity index (χ0v) is 14.3. The van der Waals surface area contributed by atoms with Crippen LogP contribution in [0, 0.1) is 5.82 Å². The van der Waals surface area contributed by atoms with Crippen LogP contribution in [0.4, 0.5) is 4.39 Å². The number of hydrogen-bond acceptors (Lipinski definition) is 4. The summed E-state index contributed by atoms with van der Waals surface area (Å²) in [4.78, 5) is 17.0. The van der Waals surface area contributed by atoms with Gasteiger partial charge in [-0.3, -0.25) is 9.69 Å². The lowest BCUT2D eigenvalue weighted by Crippen LogP contribution is -2.55. The number of hydrogen-bond donors (Lipinski definition) is 1. The summed E-state index contributed by atoms with van der Waals surface area (Å²) >= 11 is 0. The van der Waals surface area contributed by atoms with Crippen molar-refractivity contribution in [2.75, 3.05) is 39.8 Å². The van der Waals surface area contributed by atoms with E-state index in [-0.39, 0.29) is 17.8 Å². The maximum atomic E-state index is 14.3. The van der Waals surface area contributed by atoms with Gasteiger partial charge in [-0.1, -0.05) is 12.5 Å². The lowest BCUT2D eigenvalue weighted by Gasteiger charge is -2.39. The lowest BCUT2D eigenvalue weighted by molar-refractivity contribution is -0.139. The van der Waals surface area contributed by atoms with Gasteiger partial charge in [0.15, 0.2) is 0 Å². The lowest BCUT2D eigenvalue weighted by atomic mass is 9.99. The standard InChI is InChI=1S/C18H26FN3O2/c1-24-17-7-4-5-15(19)14(17)13-22-10-3-2-6-16(22)18(23)21-11-8-20-9-12-21/h4-5,7,16,20H,2-3,6,8-13H2,1H3/t16-/m0/s1. The number of halogens is 1. The number of carbonyl (C=O) groups is 1. The minimum absolute atomic E-state index is 0.152. The first kappa shape index (κ1) is 17.2. The highest BCUT2D eigenvalue weighted by atomic mass is 19.1. The molecule has 1 aromatic carbocycles. The van der Waals surface area contributed by atoms with Crippen molar-refractivity contribution in [2.24, 2.45) is 0 Å². The van der Waals surface area contributed by atoms with E-state index >= 15 is 0 Å². The van der Waals surface area contributed by atoms with Gasteiger partial charge in [0.05, 0.1) is 13.2 Å². The molecule has 0 unspecified atom stereocenters. The highest BCUT2D eigenvalue weighted by Gasteiger charge is 2.33. The topological polar surface area (TPSA) is 44.8 Å². The first-order chi connectivity index (χ1) is 11.7. The number of ether oxygens (including phenoxy) is 1. The molecule has 0 spiro atoms.